The van der Waals surface area contributed by atoms with Crippen molar-refractivity contribution in [3.63, 3.8) is 0 Å². The third kappa shape index (κ3) is 2.76. The zero-order valence-corrected chi connectivity index (χ0v) is 16.9. The molecule has 154 valence electrons. The molecule has 12 heteroatoms. The van der Waals surface area contributed by atoms with Crippen molar-refractivity contribution in [3.05, 3.63) is 48.5 Å². The molecule has 11 nitrogen and oxygen atoms in total. The van der Waals surface area contributed by atoms with Gasteiger partial charge in [0.1, 0.15) is 5.82 Å². The molecule has 30 heavy (non-hydrogen) atoms. The summed E-state index contributed by atoms with van der Waals surface area (Å²) in [5, 5.41) is 4.98. The van der Waals surface area contributed by atoms with Crippen LogP contribution in [0.3, 0.4) is 0 Å². The quantitative estimate of drug-likeness (QED) is 0.487. The van der Waals surface area contributed by atoms with E-state index < -0.39 is 10.0 Å². The van der Waals surface area contributed by atoms with E-state index in [0.29, 0.717) is 23.1 Å². The minimum Gasteiger partial charge on any atom is -0.383 e. The van der Waals surface area contributed by atoms with Crippen molar-refractivity contribution < 1.29 is 8.42 Å². The number of imidazole rings is 1. The summed E-state index contributed by atoms with van der Waals surface area (Å²) >= 11 is 0. The molecular formula is C18H19N9O2S. The standard InChI is InChI=1S/C18H19N9O2S/c1-25-9-15(21-10-25)30(28,29)26-8-12(6-11-4-2-3-5-14(11)26)27-17-13(7-22-27)16(19)23-18(20)24-17/h2-5,7,9-10,12H,6,8H2,1H3,(H4,19,20,23,24). The zero-order valence-electron chi connectivity index (χ0n) is 16.0. The Labute approximate surface area is 172 Å². The molecule has 0 saturated heterocycles. The highest BCUT2D eigenvalue weighted by atomic mass is 32.2. The Balaban J connectivity index is 1.64. The Bertz CT molecular complexity index is 1380. The number of aryl methyl sites for hydroxylation is 1. The van der Waals surface area contributed by atoms with E-state index >= 15 is 0 Å². The summed E-state index contributed by atoms with van der Waals surface area (Å²) in [4.78, 5) is 12.3. The van der Waals surface area contributed by atoms with Crippen molar-refractivity contribution in [3.8, 4) is 0 Å². The van der Waals surface area contributed by atoms with Gasteiger partial charge in [0.15, 0.2) is 10.7 Å². The largest absolute Gasteiger partial charge is 0.383 e. The van der Waals surface area contributed by atoms with Crippen LogP contribution in [0.1, 0.15) is 11.6 Å². The maximum Gasteiger partial charge on any atom is 0.283 e. The van der Waals surface area contributed by atoms with Gasteiger partial charge < -0.3 is 16.0 Å². The molecule has 1 atom stereocenters. The number of hydrogen-bond donors (Lipinski definition) is 2. The fourth-order valence-electron chi connectivity index (χ4n) is 3.79. The van der Waals surface area contributed by atoms with E-state index in [2.05, 4.69) is 20.1 Å². The van der Waals surface area contributed by atoms with E-state index in [1.807, 2.05) is 18.2 Å². The van der Waals surface area contributed by atoms with Crippen LogP contribution in [-0.2, 0) is 23.5 Å². The molecule has 0 fully saturated rings. The number of aromatic nitrogens is 6. The molecule has 0 amide bonds. The number of nitrogens with zero attached hydrogens (tertiary/aromatic N) is 7. The highest BCUT2D eigenvalue weighted by Gasteiger charge is 2.36. The van der Waals surface area contributed by atoms with Gasteiger partial charge in [0.25, 0.3) is 10.0 Å². The first-order chi connectivity index (χ1) is 14.3. The second-order valence-corrected chi connectivity index (χ2v) is 9.00. The maximum absolute atomic E-state index is 13.4. The first kappa shape index (κ1) is 18.4. The number of sulfonamides is 1. The molecule has 0 bridgehead atoms. The zero-order chi connectivity index (χ0) is 21.0. The number of nitrogens with two attached hydrogens (primary N) is 2. The number of hydrogen-bond acceptors (Lipinski definition) is 8. The number of benzene rings is 1. The summed E-state index contributed by atoms with van der Waals surface area (Å²) in [7, 11) is -2.14. The van der Waals surface area contributed by atoms with E-state index in [1.54, 1.807) is 28.6 Å². The normalized spacial score (nSPS) is 16.7. The fraction of sp³-hybridized carbons (Fsp3) is 0.222. The van der Waals surface area contributed by atoms with Crippen molar-refractivity contribution in [2.24, 2.45) is 7.05 Å². The lowest BCUT2D eigenvalue weighted by molar-refractivity contribution is 0.455. The lowest BCUT2D eigenvalue weighted by Gasteiger charge is -2.34. The first-order valence-corrected chi connectivity index (χ1v) is 10.6. The average Bonchev–Trinajstić information content (AvgIpc) is 3.34. The Hall–Kier alpha value is -3.67. The molecule has 0 aliphatic carbocycles. The van der Waals surface area contributed by atoms with Gasteiger partial charge in [-0.15, -0.1) is 0 Å². The summed E-state index contributed by atoms with van der Waals surface area (Å²) in [6.45, 7) is 0.163. The van der Waals surface area contributed by atoms with Crippen LogP contribution in [0.15, 0.2) is 48.0 Å². The molecule has 1 unspecified atom stereocenters. The van der Waals surface area contributed by atoms with Crippen LogP contribution >= 0.6 is 0 Å². The lowest BCUT2D eigenvalue weighted by atomic mass is 10.00. The maximum atomic E-state index is 13.4. The second-order valence-electron chi connectivity index (χ2n) is 7.19. The summed E-state index contributed by atoms with van der Waals surface area (Å²) in [6, 6.07) is 7.09. The Morgan fingerprint density at radius 1 is 1.17 bits per heavy atom. The van der Waals surface area contributed by atoms with Gasteiger partial charge in [0, 0.05) is 13.2 Å². The summed E-state index contributed by atoms with van der Waals surface area (Å²) in [5.41, 5.74) is 13.7. The molecule has 0 radical (unpaired) electrons. The Morgan fingerprint density at radius 3 is 2.73 bits per heavy atom. The van der Waals surface area contributed by atoms with Crippen LogP contribution < -0.4 is 15.8 Å². The second kappa shape index (κ2) is 6.42. The molecule has 4 aromatic rings. The van der Waals surface area contributed by atoms with Crippen LogP contribution in [0.4, 0.5) is 17.5 Å². The lowest BCUT2D eigenvalue weighted by Crippen LogP contribution is -2.41. The Kier molecular flexibility index (Phi) is 3.93. The van der Waals surface area contributed by atoms with Crippen LogP contribution in [0, 0.1) is 0 Å². The summed E-state index contributed by atoms with van der Waals surface area (Å²) in [5.74, 6) is 0.272. The van der Waals surface area contributed by atoms with Crippen LogP contribution in [-0.4, -0.2) is 44.3 Å². The third-order valence-corrected chi connectivity index (χ3v) is 6.84. The van der Waals surface area contributed by atoms with E-state index in [4.69, 9.17) is 11.5 Å². The van der Waals surface area contributed by atoms with Gasteiger partial charge in [-0.05, 0) is 18.1 Å². The van der Waals surface area contributed by atoms with E-state index in [9.17, 15) is 8.42 Å². The van der Waals surface area contributed by atoms with Gasteiger partial charge in [-0.25, -0.2) is 9.67 Å². The molecule has 4 N–H and O–H groups in total. The number of nitrogen functional groups attached to an aromatic ring is 2. The molecule has 5 rings (SSSR count). The third-order valence-electron chi connectivity index (χ3n) is 5.17. The number of anilines is 3. The van der Waals surface area contributed by atoms with Crippen molar-refractivity contribution >= 4 is 38.5 Å². The smallest absolute Gasteiger partial charge is 0.283 e. The Morgan fingerprint density at radius 2 is 1.97 bits per heavy atom. The number of rotatable bonds is 3. The van der Waals surface area contributed by atoms with Gasteiger partial charge in [0.2, 0.25) is 5.95 Å². The van der Waals surface area contributed by atoms with Crippen molar-refractivity contribution in [1.29, 1.82) is 0 Å². The van der Waals surface area contributed by atoms with Gasteiger partial charge in [-0.2, -0.15) is 23.5 Å². The van der Waals surface area contributed by atoms with Crippen LogP contribution in [0.2, 0.25) is 0 Å². The fourth-order valence-corrected chi connectivity index (χ4v) is 5.30. The molecule has 4 heterocycles. The van der Waals surface area contributed by atoms with Gasteiger partial charge in [-0.1, -0.05) is 18.2 Å². The first-order valence-electron chi connectivity index (χ1n) is 9.19. The van der Waals surface area contributed by atoms with Crippen molar-refractivity contribution in [1.82, 2.24) is 29.3 Å². The number of para-hydroxylation sites is 1. The molecule has 0 saturated carbocycles. The van der Waals surface area contributed by atoms with Crippen LogP contribution in [0.25, 0.3) is 11.0 Å². The van der Waals surface area contributed by atoms with Crippen molar-refractivity contribution in [2.75, 3.05) is 22.3 Å². The number of fused-ring (bicyclic) bond motifs is 2. The molecule has 3 aromatic heterocycles. The highest BCUT2D eigenvalue weighted by Crippen LogP contribution is 2.36. The van der Waals surface area contributed by atoms with E-state index in [1.165, 1.54) is 16.8 Å². The predicted molar refractivity (Wildman–Crippen MR) is 111 cm³/mol. The molecule has 1 aliphatic heterocycles. The topological polar surface area (TPSA) is 151 Å². The van der Waals surface area contributed by atoms with Gasteiger partial charge in [-0.3, -0.25) is 4.31 Å². The average molecular weight is 425 g/mol. The summed E-state index contributed by atoms with van der Waals surface area (Å²) < 4.78 is 31.5. The monoisotopic (exact) mass is 425 g/mol. The summed E-state index contributed by atoms with van der Waals surface area (Å²) in [6.07, 6.45) is 5.09. The predicted octanol–water partition coefficient (Wildman–Crippen LogP) is 0.717. The minimum absolute atomic E-state index is 0.0124. The molecular weight excluding hydrogens is 406 g/mol. The van der Waals surface area contributed by atoms with Crippen molar-refractivity contribution in [2.45, 2.75) is 17.5 Å². The molecule has 1 aromatic carbocycles. The van der Waals surface area contributed by atoms with E-state index in [-0.39, 0.29) is 29.4 Å². The molecule has 1 aliphatic rings. The van der Waals surface area contributed by atoms with Gasteiger partial charge in [0.05, 0.1) is 36.2 Å². The van der Waals surface area contributed by atoms with Gasteiger partial charge >= 0.3 is 0 Å². The van der Waals surface area contributed by atoms with E-state index in [0.717, 1.165) is 5.56 Å². The SMILES string of the molecule is Cn1cnc(S(=O)(=O)N2CC(n3ncc4c(N)nc(N)nc43)Cc3ccccc32)c1. The minimum atomic E-state index is -3.87. The van der Waals surface area contributed by atoms with Crippen LogP contribution in [0.5, 0.6) is 0 Å². The molecule has 0 spiro atoms. The highest BCUT2D eigenvalue weighted by molar-refractivity contribution is 7.92.